The van der Waals surface area contributed by atoms with Crippen molar-refractivity contribution in [1.82, 2.24) is 4.90 Å². The molecule has 1 amide bonds. The Kier molecular flexibility index (Phi) is 3.71. The zero-order chi connectivity index (χ0) is 15.2. The predicted octanol–water partition coefficient (Wildman–Crippen LogP) is 2.93. The molecule has 1 saturated carbocycles. The summed E-state index contributed by atoms with van der Waals surface area (Å²) in [5, 5.41) is 9.60. The monoisotopic (exact) mass is 399 g/mol. The maximum Gasteiger partial charge on any atom is 0.311 e. The van der Waals surface area contributed by atoms with E-state index in [4.69, 9.17) is 0 Å². The van der Waals surface area contributed by atoms with Crippen molar-refractivity contribution in [2.45, 2.75) is 26.2 Å². The molecule has 0 spiro atoms. The fraction of sp³-hybridized carbons (Fsp3) is 0.500. The average Bonchev–Trinajstić information content (AvgIpc) is 2.98. The van der Waals surface area contributed by atoms with E-state index in [9.17, 15) is 14.7 Å². The van der Waals surface area contributed by atoms with Gasteiger partial charge in [-0.1, -0.05) is 18.1 Å². The number of nitrogens with zero attached hydrogens (tertiary/aromatic N) is 1. The molecule has 1 aromatic carbocycles. The second-order valence-electron chi connectivity index (χ2n) is 6.22. The number of fused-ring (bicyclic) bond motifs is 1. The van der Waals surface area contributed by atoms with Crippen LogP contribution in [0.2, 0.25) is 0 Å². The maximum absolute atomic E-state index is 12.7. The summed E-state index contributed by atoms with van der Waals surface area (Å²) in [5.74, 6) is -0.654. The van der Waals surface area contributed by atoms with Crippen LogP contribution in [0.4, 0.5) is 0 Å². The fourth-order valence-corrected chi connectivity index (χ4v) is 4.33. The number of carboxylic acids is 1. The molecule has 0 unspecified atom stereocenters. The first-order valence-corrected chi connectivity index (χ1v) is 8.31. The molecule has 2 aliphatic rings. The van der Waals surface area contributed by atoms with Crippen LogP contribution in [0.3, 0.4) is 0 Å². The first-order valence-electron chi connectivity index (χ1n) is 7.23. The third-order valence-corrected chi connectivity index (χ3v) is 5.88. The summed E-state index contributed by atoms with van der Waals surface area (Å²) >= 11 is 2.17. The number of aliphatic carboxylic acids is 1. The second-order valence-corrected chi connectivity index (χ2v) is 7.38. The van der Waals surface area contributed by atoms with E-state index in [1.807, 2.05) is 25.1 Å². The number of benzene rings is 1. The van der Waals surface area contributed by atoms with Crippen molar-refractivity contribution >= 4 is 34.5 Å². The number of rotatable bonds is 2. The highest BCUT2D eigenvalue weighted by Crippen LogP contribution is 2.49. The first-order chi connectivity index (χ1) is 9.94. The molecule has 2 fully saturated rings. The van der Waals surface area contributed by atoms with Gasteiger partial charge in [-0.3, -0.25) is 9.59 Å². The molecule has 0 aromatic heterocycles. The van der Waals surface area contributed by atoms with Gasteiger partial charge in [-0.15, -0.1) is 0 Å². The van der Waals surface area contributed by atoms with Gasteiger partial charge >= 0.3 is 5.97 Å². The van der Waals surface area contributed by atoms with E-state index in [2.05, 4.69) is 22.6 Å². The number of carbonyl (C=O) groups is 2. The Morgan fingerprint density at radius 2 is 2.19 bits per heavy atom. The Hall–Kier alpha value is -1.11. The molecular weight excluding hydrogens is 381 g/mol. The van der Waals surface area contributed by atoms with Gasteiger partial charge < -0.3 is 10.0 Å². The Labute approximate surface area is 137 Å². The van der Waals surface area contributed by atoms with Gasteiger partial charge in [0.05, 0.1) is 11.0 Å². The maximum atomic E-state index is 12.7. The van der Waals surface area contributed by atoms with Crippen LogP contribution in [0.1, 0.15) is 35.2 Å². The number of hydrogen-bond acceptors (Lipinski definition) is 2. The topological polar surface area (TPSA) is 57.6 Å². The number of amides is 1. The molecule has 2 atom stereocenters. The average molecular weight is 399 g/mol. The Morgan fingerprint density at radius 1 is 1.43 bits per heavy atom. The van der Waals surface area contributed by atoms with Gasteiger partial charge in [0.25, 0.3) is 5.91 Å². The van der Waals surface area contributed by atoms with Crippen LogP contribution < -0.4 is 0 Å². The minimum absolute atomic E-state index is 0.0295. The molecular formula is C16H18INO3. The van der Waals surface area contributed by atoms with Crippen molar-refractivity contribution in [3.05, 3.63) is 32.9 Å². The summed E-state index contributed by atoms with van der Waals surface area (Å²) in [6.45, 7) is 2.90. The summed E-state index contributed by atoms with van der Waals surface area (Å²) in [6.07, 6.45) is 2.57. The molecule has 3 rings (SSSR count). The van der Waals surface area contributed by atoms with Gasteiger partial charge in [0.1, 0.15) is 0 Å². The van der Waals surface area contributed by atoms with Gasteiger partial charge in [0.15, 0.2) is 0 Å². The molecule has 21 heavy (non-hydrogen) atoms. The Bertz CT molecular complexity index is 616. The van der Waals surface area contributed by atoms with Crippen LogP contribution in [0, 0.1) is 21.8 Å². The summed E-state index contributed by atoms with van der Waals surface area (Å²) < 4.78 is 0.921. The number of aryl methyl sites for hydroxylation is 1. The zero-order valence-electron chi connectivity index (χ0n) is 11.9. The van der Waals surface area contributed by atoms with Crippen LogP contribution >= 0.6 is 22.6 Å². The molecule has 0 bridgehead atoms. The molecule has 0 radical (unpaired) electrons. The third-order valence-electron chi connectivity index (χ3n) is 4.94. The van der Waals surface area contributed by atoms with Gasteiger partial charge in [-0.2, -0.15) is 0 Å². The van der Waals surface area contributed by atoms with E-state index in [1.54, 1.807) is 4.90 Å². The minimum Gasteiger partial charge on any atom is -0.481 e. The molecule has 4 nitrogen and oxygen atoms in total. The van der Waals surface area contributed by atoms with Crippen molar-refractivity contribution in [2.24, 2.45) is 11.3 Å². The van der Waals surface area contributed by atoms with E-state index in [-0.39, 0.29) is 11.8 Å². The number of likely N-dealkylation sites (tertiary alicyclic amines) is 1. The Balaban J connectivity index is 1.88. The summed E-state index contributed by atoms with van der Waals surface area (Å²) in [7, 11) is 0. The van der Waals surface area contributed by atoms with E-state index >= 15 is 0 Å². The highest BCUT2D eigenvalue weighted by atomic mass is 127. The smallest absolute Gasteiger partial charge is 0.311 e. The molecule has 1 aliphatic heterocycles. The number of halogens is 1. The summed E-state index contributed by atoms with van der Waals surface area (Å²) in [5.41, 5.74) is 1.03. The molecule has 1 aromatic rings. The van der Waals surface area contributed by atoms with Crippen molar-refractivity contribution in [2.75, 3.05) is 13.1 Å². The van der Waals surface area contributed by atoms with Gasteiger partial charge in [-0.05, 0) is 60.4 Å². The fourth-order valence-electron chi connectivity index (χ4n) is 3.77. The summed E-state index contributed by atoms with van der Waals surface area (Å²) in [6, 6.07) is 5.81. The standard InChI is InChI=1S/C16H18INO3/c1-10-4-5-13(17)12(7-10)14(19)18-8-11-3-2-6-16(11,9-18)15(20)21/h4-5,7,11H,2-3,6,8-9H2,1H3,(H,20,21)/t11-,16+/m0/s1. The lowest BCUT2D eigenvalue weighted by molar-refractivity contribution is -0.149. The van der Waals surface area contributed by atoms with Gasteiger partial charge in [0, 0.05) is 16.7 Å². The van der Waals surface area contributed by atoms with Crippen LogP contribution in [-0.2, 0) is 4.79 Å². The number of carbonyl (C=O) groups excluding carboxylic acids is 1. The van der Waals surface area contributed by atoms with Crippen molar-refractivity contribution in [3.8, 4) is 0 Å². The highest BCUT2D eigenvalue weighted by molar-refractivity contribution is 14.1. The minimum atomic E-state index is -0.737. The largest absolute Gasteiger partial charge is 0.481 e. The quantitative estimate of drug-likeness (QED) is 0.779. The molecule has 1 aliphatic carbocycles. The molecule has 1 saturated heterocycles. The van der Waals surface area contributed by atoms with Crippen molar-refractivity contribution in [3.63, 3.8) is 0 Å². The molecule has 1 N–H and O–H groups in total. The summed E-state index contributed by atoms with van der Waals surface area (Å²) in [4.78, 5) is 26.2. The van der Waals surface area contributed by atoms with Crippen LogP contribution in [0.15, 0.2) is 18.2 Å². The zero-order valence-corrected chi connectivity index (χ0v) is 14.1. The van der Waals surface area contributed by atoms with E-state index in [1.165, 1.54) is 0 Å². The van der Waals surface area contributed by atoms with Crippen LogP contribution in [0.5, 0.6) is 0 Å². The van der Waals surface area contributed by atoms with Gasteiger partial charge in [0.2, 0.25) is 0 Å². The lowest BCUT2D eigenvalue weighted by Gasteiger charge is -2.23. The third kappa shape index (κ3) is 2.35. The van der Waals surface area contributed by atoms with Gasteiger partial charge in [-0.25, -0.2) is 0 Å². The SMILES string of the molecule is Cc1ccc(I)c(C(=O)N2C[C@@H]3CCC[C@@]3(C(=O)O)C2)c1. The highest BCUT2D eigenvalue weighted by Gasteiger charge is 2.55. The second kappa shape index (κ2) is 5.26. The van der Waals surface area contributed by atoms with E-state index in [0.717, 1.165) is 22.0 Å². The Morgan fingerprint density at radius 3 is 2.86 bits per heavy atom. The lowest BCUT2D eigenvalue weighted by Crippen LogP contribution is -2.37. The van der Waals surface area contributed by atoms with E-state index in [0.29, 0.717) is 25.1 Å². The predicted molar refractivity (Wildman–Crippen MR) is 87.2 cm³/mol. The van der Waals surface area contributed by atoms with Crippen molar-refractivity contribution < 1.29 is 14.7 Å². The number of carboxylic acid groups (broad SMARTS) is 1. The first kappa shape index (κ1) is 14.8. The number of hydrogen-bond donors (Lipinski definition) is 1. The van der Waals surface area contributed by atoms with Crippen LogP contribution in [0.25, 0.3) is 0 Å². The normalized spacial score (nSPS) is 27.7. The van der Waals surface area contributed by atoms with E-state index < -0.39 is 11.4 Å². The van der Waals surface area contributed by atoms with Crippen LogP contribution in [-0.4, -0.2) is 35.0 Å². The molecule has 1 heterocycles. The lowest BCUT2D eigenvalue weighted by atomic mass is 9.81. The molecule has 5 heteroatoms. The molecule has 112 valence electrons. The van der Waals surface area contributed by atoms with Crippen molar-refractivity contribution in [1.29, 1.82) is 0 Å².